The van der Waals surface area contributed by atoms with Gasteiger partial charge in [0.1, 0.15) is 11.5 Å². The fourth-order valence-electron chi connectivity index (χ4n) is 3.81. The summed E-state index contributed by atoms with van der Waals surface area (Å²) in [7, 11) is 0. The number of carbonyl (C=O) groups is 3. The van der Waals surface area contributed by atoms with Crippen molar-refractivity contribution in [2.24, 2.45) is 5.41 Å². The second kappa shape index (κ2) is 7.16. The van der Waals surface area contributed by atoms with Gasteiger partial charge in [0.05, 0.1) is 18.6 Å². The second-order valence-corrected chi connectivity index (χ2v) is 8.32. The monoisotopic (exact) mass is 391 g/mol. The van der Waals surface area contributed by atoms with E-state index in [-0.39, 0.29) is 18.1 Å². The number of aliphatic carboxylic acids is 1. The van der Waals surface area contributed by atoms with Crippen molar-refractivity contribution in [2.75, 3.05) is 19.7 Å². The summed E-state index contributed by atoms with van der Waals surface area (Å²) in [5.41, 5.74) is -1.48. The molecule has 1 aromatic rings. The Morgan fingerprint density at radius 3 is 2.21 bits per heavy atom. The molecule has 0 saturated carbocycles. The van der Waals surface area contributed by atoms with E-state index in [9.17, 15) is 23.9 Å². The van der Waals surface area contributed by atoms with Gasteiger partial charge in [0, 0.05) is 36.9 Å². The summed E-state index contributed by atoms with van der Waals surface area (Å²) < 4.78 is 19.0. The molecule has 0 aromatic heterocycles. The molecule has 1 atom stereocenters. The van der Waals surface area contributed by atoms with Gasteiger partial charge in [0.15, 0.2) is 0 Å². The van der Waals surface area contributed by atoms with Gasteiger partial charge in [-0.05, 0) is 24.3 Å². The van der Waals surface area contributed by atoms with E-state index in [0.29, 0.717) is 25.9 Å². The number of ether oxygens (including phenoxy) is 1. The molecular formula is C20H24FN2O5-. The Balaban J connectivity index is 1.86. The van der Waals surface area contributed by atoms with Crippen LogP contribution in [0.15, 0.2) is 24.3 Å². The minimum absolute atomic E-state index is 0.00629. The highest BCUT2D eigenvalue weighted by Crippen LogP contribution is 2.39. The van der Waals surface area contributed by atoms with Gasteiger partial charge in [0.25, 0.3) is 5.91 Å². The lowest BCUT2D eigenvalue weighted by molar-refractivity contribution is -0.310. The summed E-state index contributed by atoms with van der Waals surface area (Å²) in [4.78, 5) is 40.1. The van der Waals surface area contributed by atoms with Crippen LogP contribution in [0.4, 0.5) is 4.39 Å². The molecule has 0 bridgehead atoms. The molecule has 2 amide bonds. The van der Waals surface area contributed by atoms with Crippen molar-refractivity contribution in [3.63, 3.8) is 0 Å². The number of hydrogen-bond donors (Lipinski definition) is 0. The number of likely N-dealkylation sites (tertiary alicyclic amines) is 1. The summed E-state index contributed by atoms with van der Waals surface area (Å²) in [6, 6.07) is 3.69. The number of carboxylic acids is 1. The molecule has 2 saturated heterocycles. The fraction of sp³-hybridized carbons (Fsp3) is 0.550. The largest absolute Gasteiger partial charge is 0.548 e. The molecule has 2 fully saturated rings. The van der Waals surface area contributed by atoms with Crippen molar-refractivity contribution < 1.29 is 28.6 Å². The van der Waals surface area contributed by atoms with Crippen LogP contribution in [-0.2, 0) is 14.3 Å². The van der Waals surface area contributed by atoms with Crippen LogP contribution in [0.25, 0.3) is 0 Å². The Labute approximate surface area is 163 Å². The van der Waals surface area contributed by atoms with Gasteiger partial charge in [0.2, 0.25) is 5.91 Å². The quantitative estimate of drug-likeness (QED) is 0.743. The number of rotatable bonds is 2. The summed E-state index contributed by atoms with van der Waals surface area (Å²) in [5, 5.41) is 11.6. The van der Waals surface area contributed by atoms with E-state index < -0.39 is 34.9 Å². The maximum absolute atomic E-state index is 13.2. The average Bonchev–Trinajstić information content (AvgIpc) is 3.00. The molecule has 0 radical (unpaired) electrons. The summed E-state index contributed by atoms with van der Waals surface area (Å²) >= 11 is 0. The molecule has 3 rings (SSSR count). The topological polar surface area (TPSA) is 90.0 Å². The number of carboxylic acid groups (broad SMARTS) is 1. The highest BCUT2D eigenvalue weighted by molar-refractivity contribution is 5.97. The maximum atomic E-state index is 13.2. The number of nitrogens with zero attached hydrogens (tertiary/aromatic N) is 2. The van der Waals surface area contributed by atoms with Crippen molar-refractivity contribution in [3.05, 3.63) is 35.6 Å². The minimum Gasteiger partial charge on any atom is -0.548 e. The van der Waals surface area contributed by atoms with Gasteiger partial charge in [-0.15, -0.1) is 0 Å². The molecule has 152 valence electrons. The first-order chi connectivity index (χ1) is 13.0. The van der Waals surface area contributed by atoms with Crippen LogP contribution in [0.2, 0.25) is 0 Å². The van der Waals surface area contributed by atoms with Gasteiger partial charge in [-0.25, -0.2) is 4.39 Å². The molecule has 8 heteroatoms. The number of benzene rings is 1. The highest BCUT2D eigenvalue weighted by Gasteiger charge is 2.52. The van der Waals surface area contributed by atoms with Gasteiger partial charge in [-0.2, -0.15) is 0 Å². The summed E-state index contributed by atoms with van der Waals surface area (Å²) in [6.45, 7) is 6.03. The Kier molecular flexibility index (Phi) is 5.18. The first-order valence-corrected chi connectivity index (χ1v) is 9.29. The molecule has 0 unspecified atom stereocenters. The van der Waals surface area contributed by atoms with E-state index in [2.05, 4.69) is 0 Å². The third-order valence-electron chi connectivity index (χ3n) is 5.32. The number of hydrogen-bond acceptors (Lipinski definition) is 5. The minimum atomic E-state index is -1.40. The predicted octanol–water partition coefficient (Wildman–Crippen LogP) is 0.781. The van der Waals surface area contributed by atoms with Crippen LogP contribution in [0.3, 0.4) is 0 Å². The Morgan fingerprint density at radius 1 is 1.14 bits per heavy atom. The van der Waals surface area contributed by atoms with Crippen LogP contribution in [0.1, 0.15) is 44.0 Å². The third-order valence-corrected chi connectivity index (χ3v) is 5.32. The first kappa shape index (κ1) is 20.3. The van der Waals surface area contributed by atoms with E-state index in [1.54, 1.807) is 4.90 Å². The zero-order valence-electron chi connectivity index (χ0n) is 16.2. The molecule has 2 aliphatic rings. The SMILES string of the molecule is CC(C)(C)C(=O)N1CCC2(CC1)OC[C@H](C(=O)[O-])N2C(=O)c1ccc(F)cc1. The number of carbonyl (C=O) groups excluding carboxylic acids is 3. The Hall–Kier alpha value is -2.48. The fourth-order valence-corrected chi connectivity index (χ4v) is 3.81. The van der Waals surface area contributed by atoms with Crippen molar-refractivity contribution in [2.45, 2.75) is 45.4 Å². The zero-order chi connectivity index (χ0) is 20.7. The van der Waals surface area contributed by atoms with Crippen molar-refractivity contribution >= 4 is 17.8 Å². The molecule has 1 aromatic carbocycles. The lowest BCUT2D eigenvalue weighted by Crippen LogP contribution is -2.60. The lowest BCUT2D eigenvalue weighted by Gasteiger charge is -2.45. The van der Waals surface area contributed by atoms with Crippen molar-refractivity contribution in [1.82, 2.24) is 9.80 Å². The van der Waals surface area contributed by atoms with Crippen LogP contribution < -0.4 is 5.11 Å². The number of piperidine rings is 1. The second-order valence-electron chi connectivity index (χ2n) is 8.32. The summed E-state index contributed by atoms with van der Waals surface area (Å²) in [6.07, 6.45) is 0.594. The molecule has 2 aliphatic heterocycles. The predicted molar refractivity (Wildman–Crippen MR) is 95.3 cm³/mol. The molecular weight excluding hydrogens is 367 g/mol. The standard InChI is InChI=1S/C20H25FN2O5/c1-19(2,3)18(27)22-10-8-20(9-11-22)23(15(12-28-20)17(25)26)16(24)13-4-6-14(21)7-5-13/h4-7,15H,8-12H2,1-3H3,(H,25,26)/p-1/t15-/m1/s1. The molecule has 7 nitrogen and oxygen atoms in total. The van der Waals surface area contributed by atoms with Gasteiger partial charge >= 0.3 is 0 Å². The van der Waals surface area contributed by atoms with Crippen molar-refractivity contribution in [3.8, 4) is 0 Å². The van der Waals surface area contributed by atoms with Gasteiger partial charge < -0.3 is 19.5 Å². The summed E-state index contributed by atoms with van der Waals surface area (Å²) in [5.74, 6) is -2.45. The molecule has 1 spiro atoms. The maximum Gasteiger partial charge on any atom is 0.256 e. The number of amides is 2. The Bertz CT molecular complexity index is 779. The van der Waals surface area contributed by atoms with Gasteiger partial charge in [-0.3, -0.25) is 14.5 Å². The van der Waals surface area contributed by atoms with E-state index in [1.165, 1.54) is 17.0 Å². The van der Waals surface area contributed by atoms with Crippen LogP contribution >= 0.6 is 0 Å². The van der Waals surface area contributed by atoms with E-state index in [1.807, 2.05) is 20.8 Å². The Morgan fingerprint density at radius 2 is 1.71 bits per heavy atom. The smallest absolute Gasteiger partial charge is 0.256 e. The number of halogens is 1. The van der Waals surface area contributed by atoms with Crippen molar-refractivity contribution in [1.29, 1.82) is 0 Å². The van der Waals surface area contributed by atoms with Crippen LogP contribution in [0, 0.1) is 11.2 Å². The first-order valence-electron chi connectivity index (χ1n) is 9.29. The molecule has 2 heterocycles. The molecule has 28 heavy (non-hydrogen) atoms. The molecule has 0 N–H and O–H groups in total. The lowest BCUT2D eigenvalue weighted by atomic mass is 9.91. The molecule has 0 aliphatic carbocycles. The zero-order valence-corrected chi connectivity index (χ0v) is 16.2. The van der Waals surface area contributed by atoms with E-state index in [4.69, 9.17) is 4.74 Å². The van der Waals surface area contributed by atoms with E-state index in [0.717, 1.165) is 12.1 Å². The van der Waals surface area contributed by atoms with Crippen LogP contribution in [0.5, 0.6) is 0 Å². The third kappa shape index (κ3) is 3.61. The van der Waals surface area contributed by atoms with Gasteiger partial charge in [-0.1, -0.05) is 20.8 Å². The average molecular weight is 391 g/mol. The highest BCUT2D eigenvalue weighted by atomic mass is 19.1. The van der Waals surface area contributed by atoms with Crippen LogP contribution in [-0.4, -0.2) is 59.0 Å². The normalized spacial score (nSPS) is 21.8. The van der Waals surface area contributed by atoms with E-state index >= 15 is 0 Å².